The lowest BCUT2D eigenvalue weighted by Gasteiger charge is -2.24. The zero-order valence-corrected chi connectivity index (χ0v) is 13.3. The van der Waals surface area contributed by atoms with Crippen LogP contribution in [0.1, 0.15) is 24.0 Å². The number of sulfonamides is 1. The zero-order chi connectivity index (χ0) is 15.3. The molecule has 0 radical (unpaired) electrons. The molecule has 0 saturated carbocycles. The first-order valence-electron chi connectivity index (χ1n) is 6.52. The number of nitrogens with one attached hydrogen (secondary N) is 1. The lowest BCUT2D eigenvalue weighted by Crippen LogP contribution is -2.32. The van der Waals surface area contributed by atoms with Gasteiger partial charge in [0.25, 0.3) is 0 Å². The molecule has 0 aromatic heterocycles. The van der Waals surface area contributed by atoms with Crippen LogP contribution in [0, 0.1) is 13.8 Å². The molecule has 0 spiro atoms. The number of nitrogens with zero attached hydrogens (tertiary/aromatic N) is 1. The van der Waals surface area contributed by atoms with Crippen molar-refractivity contribution in [2.45, 2.75) is 26.7 Å². The molecule has 0 aliphatic rings. The van der Waals surface area contributed by atoms with E-state index in [4.69, 9.17) is 0 Å². The quantitative estimate of drug-likeness (QED) is 0.867. The van der Waals surface area contributed by atoms with Crippen molar-refractivity contribution in [3.05, 3.63) is 29.3 Å². The van der Waals surface area contributed by atoms with Gasteiger partial charge in [-0.1, -0.05) is 12.1 Å². The van der Waals surface area contributed by atoms with Gasteiger partial charge in [-0.25, -0.2) is 8.42 Å². The van der Waals surface area contributed by atoms with Gasteiger partial charge in [-0.3, -0.25) is 9.10 Å². The fourth-order valence-electron chi connectivity index (χ4n) is 1.98. The fourth-order valence-corrected chi connectivity index (χ4v) is 2.99. The van der Waals surface area contributed by atoms with Gasteiger partial charge in [0.15, 0.2) is 0 Å². The van der Waals surface area contributed by atoms with Gasteiger partial charge < -0.3 is 5.32 Å². The van der Waals surface area contributed by atoms with Gasteiger partial charge in [0.1, 0.15) is 0 Å². The Labute approximate surface area is 121 Å². The van der Waals surface area contributed by atoms with Gasteiger partial charge in [-0.05, 0) is 37.5 Å². The molecular formula is C14H22N2O3S. The van der Waals surface area contributed by atoms with Crippen LogP contribution in [-0.4, -0.2) is 34.2 Å². The van der Waals surface area contributed by atoms with E-state index in [2.05, 4.69) is 5.32 Å². The predicted molar refractivity (Wildman–Crippen MR) is 81.4 cm³/mol. The van der Waals surface area contributed by atoms with Crippen LogP contribution >= 0.6 is 0 Å². The third-order valence-electron chi connectivity index (χ3n) is 3.29. The highest BCUT2D eigenvalue weighted by Crippen LogP contribution is 2.25. The number of rotatable bonds is 6. The summed E-state index contributed by atoms with van der Waals surface area (Å²) in [7, 11) is -1.79. The second kappa shape index (κ2) is 6.74. The van der Waals surface area contributed by atoms with E-state index >= 15 is 0 Å². The summed E-state index contributed by atoms with van der Waals surface area (Å²) in [4.78, 5) is 11.2. The maximum absolute atomic E-state index is 12.0. The predicted octanol–water partition coefficient (Wildman–Crippen LogP) is 1.60. The van der Waals surface area contributed by atoms with Crippen molar-refractivity contribution in [2.24, 2.45) is 0 Å². The number of amides is 1. The molecule has 0 bridgehead atoms. The van der Waals surface area contributed by atoms with E-state index in [0.29, 0.717) is 25.1 Å². The van der Waals surface area contributed by atoms with Gasteiger partial charge in [-0.15, -0.1) is 0 Å². The Morgan fingerprint density at radius 3 is 2.50 bits per heavy atom. The van der Waals surface area contributed by atoms with Crippen molar-refractivity contribution < 1.29 is 13.2 Å². The molecule has 20 heavy (non-hydrogen) atoms. The molecule has 0 atom stereocenters. The number of carbonyl (C=O) groups is 1. The SMILES string of the molecule is CNC(=O)CCCN(c1cccc(C)c1C)S(C)(=O)=O. The van der Waals surface area contributed by atoms with Crippen LogP contribution in [0.2, 0.25) is 0 Å². The highest BCUT2D eigenvalue weighted by Gasteiger charge is 2.19. The van der Waals surface area contributed by atoms with E-state index in [1.807, 2.05) is 26.0 Å². The van der Waals surface area contributed by atoms with Crippen molar-refractivity contribution in [1.29, 1.82) is 0 Å². The number of hydrogen-bond acceptors (Lipinski definition) is 3. The highest BCUT2D eigenvalue weighted by atomic mass is 32.2. The van der Waals surface area contributed by atoms with Crippen LogP contribution in [0.25, 0.3) is 0 Å². The largest absolute Gasteiger partial charge is 0.359 e. The second-order valence-corrected chi connectivity index (χ2v) is 6.74. The van der Waals surface area contributed by atoms with Gasteiger partial charge in [-0.2, -0.15) is 0 Å². The first-order chi connectivity index (χ1) is 9.27. The smallest absolute Gasteiger partial charge is 0.232 e. The Morgan fingerprint density at radius 2 is 1.95 bits per heavy atom. The molecular weight excluding hydrogens is 276 g/mol. The second-order valence-electron chi connectivity index (χ2n) is 4.83. The molecule has 0 aliphatic heterocycles. The van der Waals surface area contributed by atoms with Crippen molar-refractivity contribution in [2.75, 3.05) is 24.2 Å². The van der Waals surface area contributed by atoms with Crippen molar-refractivity contribution >= 4 is 21.6 Å². The van der Waals surface area contributed by atoms with Crippen LogP contribution in [0.3, 0.4) is 0 Å². The van der Waals surface area contributed by atoms with Crippen LogP contribution in [-0.2, 0) is 14.8 Å². The summed E-state index contributed by atoms with van der Waals surface area (Å²) in [6, 6.07) is 5.59. The van der Waals surface area contributed by atoms with E-state index in [0.717, 1.165) is 11.1 Å². The van der Waals surface area contributed by atoms with E-state index in [1.165, 1.54) is 10.6 Å². The summed E-state index contributed by atoms with van der Waals surface area (Å²) in [5, 5.41) is 2.53. The van der Waals surface area contributed by atoms with Crippen LogP contribution < -0.4 is 9.62 Å². The highest BCUT2D eigenvalue weighted by molar-refractivity contribution is 7.92. The summed E-state index contributed by atoms with van der Waals surface area (Å²) in [6.45, 7) is 4.15. The van der Waals surface area contributed by atoms with Crippen molar-refractivity contribution in [1.82, 2.24) is 5.32 Å². The number of hydrogen-bond donors (Lipinski definition) is 1. The molecule has 112 valence electrons. The summed E-state index contributed by atoms with van der Waals surface area (Å²) < 4.78 is 25.3. The Morgan fingerprint density at radius 1 is 1.30 bits per heavy atom. The van der Waals surface area contributed by atoms with Gasteiger partial charge in [0.2, 0.25) is 15.9 Å². The third-order valence-corrected chi connectivity index (χ3v) is 4.47. The van der Waals surface area contributed by atoms with Crippen LogP contribution in [0.5, 0.6) is 0 Å². The van der Waals surface area contributed by atoms with Crippen LogP contribution in [0.15, 0.2) is 18.2 Å². The summed E-state index contributed by atoms with van der Waals surface area (Å²) >= 11 is 0. The van der Waals surface area contributed by atoms with Crippen LogP contribution in [0.4, 0.5) is 5.69 Å². The third kappa shape index (κ3) is 4.23. The van der Waals surface area contributed by atoms with E-state index < -0.39 is 10.0 Å². The minimum absolute atomic E-state index is 0.0839. The fraction of sp³-hybridized carbons (Fsp3) is 0.500. The Kier molecular flexibility index (Phi) is 5.56. The average molecular weight is 298 g/mol. The summed E-state index contributed by atoms with van der Waals surface area (Å²) in [5.74, 6) is -0.0839. The lowest BCUT2D eigenvalue weighted by atomic mass is 10.1. The minimum atomic E-state index is -3.36. The van der Waals surface area contributed by atoms with Gasteiger partial charge in [0, 0.05) is 20.0 Å². The molecule has 0 unspecified atom stereocenters. The molecule has 6 heteroatoms. The number of anilines is 1. The maximum Gasteiger partial charge on any atom is 0.232 e. The summed E-state index contributed by atoms with van der Waals surface area (Å²) in [6.07, 6.45) is 1.99. The van der Waals surface area contributed by atoms with Crippen molar-refractivity contribution in [3.8, 4) is 0 Å². The first-order valence-corrected chi connectivity index (χ1v) is 8.36. The molecule has 1 amide bonds. The monoisotopic (exact) mass is 298 g/mol. The number of aryl methyl sites for hydroxylation is 1. The van der Waals surface area contributed by atoms with E-state index in [9.17, 15) is 13.2 Å². The normalized spacial score (nSPS) is 11.2. The standard InChI is InChI=1S/C14H22N2O3S/c1-11-7-5-8-13(12(11)2)16(20(4,18)19)10-6-9-14(17)15-3/h5,7-8H,6,9-10H2,1-4H3,(H,15,17). The molecule has 1 aromatic rings. The molecule has 5 nitrogen and oxygen atoms in total. The molecule has 0 aliphatic carbocycles. The maximum atomic E-state index is 12.0. The Balaban J connectivity index is 2.97. The van der Waals surface area contributed by atoms with Gasteiger partial charge >= 0.3 is 0 Å². The molecule has 0 fully saturated rings. The minimum Gasteiger partial charge on any atom is -0.359 e. The average Bonchev–Trinajstić information content (AvgIpc) is 2.37. The molecule has 1 rings (SSSR count). The van der Waals surface area contributed by atoms with Crippen molar-refractivity contribution in [3.63, 3.8) is 0 Å². The van der Waals surface area contributed by atoms with E-state index in [-0.39, 0.29) is 5.91 Å². The topological polar surface area (TPSA) is 66.5 Å². The molecule has 0 heterocycles. The van der Waals surface area contributed by atoms with E-state index in [1.54, 1.807) is 13.1 Å². The Bertz CT molecular complexity index is 582. The number of carbonyl (C=O) groups excluding carboxylic acids is 1. The first kappa shape index (κ1) is 16.5. The molecule has 1 N–H and O–H groups in total. The molecule has 1 aromatic carbocycles. The van der Waals surface area contributed by atoms with Gasteiger partial charge in [0.05, 0.1) is 11.9 Å². The molecule has 0 saturated heterocycles. The zero-order valence-electron chi connectivity index (χ0n) is 12.4. The lowest BCUT2D eigenvalue weighted by molar-refractivity contribution is -0.120. The Hall–Kier alpha value is -1.56. The summed E-state index contributed by atoms with van der Waals surface area (Å²) in [5.41, 5.74) is 2.67. The number of benzene rings is 1.